The Hall–Kier alpha value is -0.730. The van der Waals surface area contributed by atoms with Gasteiger partial charge >= 0.3 is 5.97 Å². The summed E-state index contributed by atoms with van der Waals surface area (Å²) in [5, 5.41) is 14.5. The average molecular weight is 420 g/mol. The van der Waals surface area contributed by atoms with Gasteiger partial charge < -0.3 is 15.7 Å². The minimum absolute atomic E-state index is 0.192. The van der Waals surface area contributed by atoms with E-state index in [1.807, 2.05) is 6.07 Å². The fraction of sp³-hybridized carbons (Fsp3) is 0.467. The van der Waals surface area contributed by atoms with Crippen molar-refractivity contribution in [1.29, 1.82) is 0 Å². The Kier molecular flexibility index (Phi) is 8.79. The first-order chi connectivity index (χ1) is 10.0. The lowest BCUT2D eigenvalue weighted by molar-refractivity contribution is -0.133. The maximum atomic E-state index is 9.36. The van der Waals surface area contributed by atoms with E-state index in [4.69, 9.17) is 17.3 Å². The van der Waals surface area contributed by atoms with E-state index in [0.29, 0.717) is 6.04 Å². The summed E-state index contributed by atoms with van der Waals surface area (Å²) in [5.41, 5.74) is 1.28. The molecule has 0 radical (unpaired) electrons. The molecule has 0 aromatic heterocycles. The number of aliphatic carboxylic acids is 1. The van der Waals surface area contributed by atoms with Gasteiger partial charge in [-0.3, -0.25) is 4.79 Å². The van der Waals surface area contributed by atoms with E-state index in [1.165, 1.54) is 12.0 Å². The number of carboxylic acids is 1. The molecule has 2 rings (SSSR count). The number of carboxylic acid groups (broad SMARTS) is 1. The first kappa shape index (κ1) is 18.3. The Morgan fingerprint density at radius 2 is 2.14 bits per heavy atom. The predicted molar refractivity (Wildman–Crippen MR) is 98.1 cm³/mol. The minimum atomic E-state index is -0.759. The molecule has 0 unspecified atom stereocenters. The molecule has 1 aliphatic rings. The monoisotopic (exact) mass is 420 g/mol. The molecule has 4 nitrogen and oxygen atoms in total. The van der Waals surface area contributed by atoms with Crippen LogP contribution in [0.15, 0.2) is 30.3 Å². The van der Waals surface area contributed by atoms with Crippen LogP contribution in [0.3, 0.4) is 0 Å². The Morgan fingerprint density at radius 3 is 2.62 bits per heavy atom. The molecule has 1 aromatic carbocycles. The number of rotatable bonds is 4. The molecule has 21 heavy (non-hydrogen) atoms. The molecule has 2 atom stereocenters. The lowest BCUT2D eigenvalue weighted by Crippen LogP contribution is -2.40. The van der Waals surface area contributed by atoms with Crippen molar-refractivity contribution in [2.24, 2.45) is 0 Å². The molecule has 1 heterocycles. The van der Waals surface area contributed by atoms with Crippen LogP contribution in [0.4, 0.5) is 0 Å². The number of alkyl halides is 1. The van der Waals surface area contributed by atoms with Gasteiger partial charge in [-0.15, -0.1) is 0 Å². The van der Waals surface area contributed by atoms with Gasteiger partial charge in [0.25, 0.3) is 0 Å². The Bertz CT molecular complexity index is 450. The fourth-order valence-electron chi connectivity index (χ4n) is 2.05. The van der Waals surface area contributed by atoms with Crippen LogP contribution in [0.5, 0.6) is 0 Å². The molecule has 0 amide bonds. The third-order valence-electron chi connectivity index (χ3n) is 3.15. The van der Waals surface area contributed by atoms with Gasteiger partial charge in [0.05, 0.1) is 15.5 Å². The molecular formula is C15H21IN2O2S. The average Bonchev–Trinajstić information content (AvgIpc) is 3.03. The highest BCUT2D eigenvalue weighted by Crippen LogP contribution is 2.13. The van der Waals surface area contributed by atoms with Gasteiger partial charge in [0.1, 0.15) is 0 Å². The van der Waals surface area contributed by atoms with E-state index in [2.05, 4.69) is 41.8 Å². The van der Waals surface area contributed by atoms with Crippen LogP contribution < -0.4 is 10.6 Å². The Morgan fingerprint density at radius 1 is 1.52 bits per heavy atom. The number of benzene rings is 1. The lowest BCUT2D eigenvalue weighted by Gasteiger charge is -2.20. The van der Waals surface area contributed by atoms with Crippen molar-refractivity contribution >= 4 is 45.8 Å². The SMILES string of the molecule is C[C@@H](NC(=S)[C@@H]1CCCN1)c1ccccc1.O=C(O)CI. The molecule has 6 heteroatoms. The largest absolute Gasteiger partial charge is 0.481 e. The van der Waals surface area contributed by atoms with Gasteiger partial charge in [-0.1, -0.05) is 65.1 Å². The molecule has 0 spiro atoms. The zero-order valence-corrected chi connectivity index (χ0v) is 15.0. The van der Waals surface area contributed by atoms with E-state index < -0.39 is 5.97 Å². The number of hydrogen-bond acceptors (Lipinski definition) is 3. The molecule has 1 aromatic rings. The Labute approximate surface area is 144 Å². The highest BCUT2D eigenvalue weighted by atomic mass is 127. The summed E-state index contributed by atoms with van der Waals surface area (Å²) >= 11 is 7.19. The summed E-state index contributed by atoms with van der Waals surface area (Å²) in [6.07, 6.45) is 2.39. The standard InChI is InChI=1S/C13H18N2S.C2H3IO2/c1-10(11-6-3-2-4-7-11)15-13(16)12-8-5-9-14-12;3-1-2(4)5/h2-4,6-7,10,12,14H,5,8-9H2,1H3,(H,15,16);1H2,(H,4,5)/t10-,12+;/m1./s1. The third kappa shape index (κ3) is 7.19. The van der Waals surface area contributed by atoms with Crippen LogP contribution in [0.2, 0.25) is 0 Å². The number of hydrogen-bond donors (Lipinski definition) is 3. The maximum Gasteiger partial charge on any atom is 0.313 e. The summed E-state index contributed by atoms with van der Waals surface area (Å²) in [5.74, 6) is -0.759. The van der Waals surface area contributed by atoms with Crippen molar-refractivity contribution in [3.05, 3.63) is 35.9 Å². The maximum absolute atomic E-state index is 9.36. The van der Waals surface area contributed by atoms with Gasteiger partial charge in [0.15, 0.2) is 0 Å². The number of carbonyl (C=O) groups is 1. The second-order valence-corrected chi connectivity index (χ2v) is 6.02. The lowest BCUT2D eigenvalue weighted by atomic mass is 10.1. The van der Waals surface area contributed by atoms with Crippen LogP contribution in [-0.4, -0.2) is 33.1 Å². The highest BCUT2D eigenvalue weighted by molar-refractivity contribution is 14.1. The van der Waals surface area contributed by atoms with E-state index in [0.717, 1.165) is 18.0 Å². The molecule has 1 fully saturated rings. The molecule has 1 aliphatic heterocycles. The quantitative estimate of drug-likeness (QED) is 0.397. The molecule has 0 aliphatic carbocycles. The van der Waals surface area contributed by atoms with Crippen LogP contribution in [-0.2, 0) is 4.79 Å². The Balaban J connectivity index is 0.000000383. The first-order valence-corrected chi connectivity index (χ1v) is 8.84. The van der Waals surface area contributed by atoms with Gasteiger partial charge in [0, 0.05) is 6.04 Å². The van der Waals surface area contributed by atoms with Crippen LogP contribution in [0.25, 0.3) is 0 Å². The van der Waals surface area contributed by atoms with Gasteiger partial charge in [-0.2, -0.15) is 0 Å². The van der Waals surface area contributed by atoms with Gasteiger partial charge in [-0.25, -0.2) is 0 Å². The molecule has 0 bridgehead atoms. The van der Waals surface area contributed by atoms with Gasteiger partial charge in [0.2, 0.25) is 0 Å². The van der Waals surface area contributed by atoms with Crippen LogP contribution in [0.1, 0.15) is 31.4 Å². The summed E-state index contributed by atoms with van der Waals surface area (Å²) in [4.78, 5) is 10.3. The summed E-state index contributed by atoms with van der Waals surface area (Å²) in [6.45, 7) is 3.24. The van der Waals surface area contributed by atoms with E-state index in [9.17, 15) is 4.79 Å². The molecular weight excluding hydrogens is 399 g/mol. The van der Waals surface area contributed by atoms with Crippen molar-refractivity contribution in [2.75, 3.05) is 11.0 Å². The summed E-state index contributed by atoms with van der Waals surface area (Å²) in [6, 6.07) is 11.1. The second-order valence-electron chi connectivity index (χ2n) is 4.82. The number of nitrogens with one attached hydrogen (secondary N) is 2. The normalized spacial score (nSPS) is 18.3. The summed E-state index contributed by atoms with van der Waals surface area (Å²) in [7, 11) is 0. The van der Waals surface area contributed by atoms with Crippen molar-refractivity contribution in [3.8, 4) is 0 Å². The molecule has 1 saturated heterocycles. The van der Waals surface area contributed by atoms with Crippen LogP contribution in [0, 0.1) is 0 Å². The van der Waals surface area contributed by atoms with Crippen molar-refractivity contribution in [3.63, 3.8) is 0 Å². The predicted octanol–water partition coefficient (Wildman–Crippen LogP) is 2.92. The fourth-order valence-corrected chi connectivity index (χ4v) is 2.43. The van der Waals surface area contributed by atoms with Gasteiger partial charge in [-0.05, 0) is 31.9 Å². The van der Waals surface area contributed by atoms with Crippen molar-refractivity contribution < 1.29 is 9.90 Å². The number of halogens is 1. The number of thiocarbonyl (C=S) groups is 1. The van der Waals surface area contributed by atoms with E-state index in [-0.39, 0.29) is 10.5 Å². The van der Waals surface area contributed by atoms with E-state index in [1.54, 1.807) is 22.6 Å². The molecule has 116 valence electrons. The zero-order valence-electron chi connectivity index (χ0n) is 12.0. The molecule has 3 N–H and O–H groups in total. The smallest absolute Gasteiger partial charge is 0.313 e. The third-order valence-corrected chi connectivity index (χ3v) is 4.20. The molecule has 0 saturated carbocycles. The minimum Gasteiger partial charge on any atom is -0.481 e. The van der Waals surface area contributed by atoms with Crippen LogP contribution >= 0.6 is 34.8 Å². The first-order valence-electron chi connectivity index (χ1n) is 6.91. The highest BCUT2D eigenvalue weighted by Gasteiger charge is 2.19. The van der Waals surface area contributed by atoms with Crippen molar-refractivity contribution in [1.82, 2.24) is 10.6 Å². The van der Waals surface area contributed by atoms with Crippen molar-refractivity contribution in [2.45, 2.75) is 31.8 Å². The summed E-state index contributed by atoms with van der Waals surface area (Å²) < 4.78 is 0.192. The zero-order chi connectivity index (χ0) is 15.7. The second kappa shape index (κ2) is 10.1. The topological polar surface area (TPSA) is 61.4 Å². The van der Waals surface area contributed by atoms with E-state index >= 15 is 0 Å².